The highest BCUT2D eigenvalue weighted by molar-refractivity contribution is 5.94. The molecule has 5 nitrogen and oxygen atoms in total. The van der Waals surface area contributed by atoms with Crippen molar-refractivity contribution in [2.45, 2.75) is 32.9 Å². The Kier molecular flexibility index (Phi) is 3.19. The Morgan fingerprint density at radius 1 is 1.53 bits per heavy atom. The van der Waals surface area contributed by atoms with Gasteiger partial charge in [0.2, 0.25) is 0 Å². The highest BCUT2D eigenvalue weighted by Crippen LogP contribution is 2.21. The third kappa shape index (κ3) is 2.07. The standard InChI is InChI=1S/C12H19N3O2/c1-8(2)14(3)12(16)11-9-7-17-6-5-10(9)15(4)13-11/h8H,5-7H2,1-4H3. The van der Waals surface area contributed by atoms with Crippen LogP contribution in [0.15, 0.2) is 0 Å². The van der Waals surface area contributed by atoms with E-state index in [2.05, 4.69) is 5.10 Å². The van der Waals surface area contributed by atoms with E-state index < -0.39 is 0 Å². The molecule has 1 amide bonds. The molecule has 0 radical (unpaired) electrons. The topological polar surface area (TPSA) is 47.4 Å². The molecule has 1 aromatic heterocycles. The van der Waals surface area contributed by atoms with Crippen molar-refractivity contribution in [3.63, 3.8) is 0 Å². The lowest BCUT2D eigenvalue weighted by atomic mass is 10.1. The summed E-state index contributed by atoms with van der Waals surface area (Å²) < 4.78 is 7.22. The average molecular weight is 237 g/mol. The van der Waals surface area contributed by atoms with Crippen molar-refractivity contribution < 1.29 is 9.53 Å². The summed E-state index contributed by atoms with van der Waals surface area (Å²) in [4.78, 5) is 14.0. The number of hydrogen-bond acceptors (Lipinski definition) is 3. The van der Waals surface area contributed by atoms with Crippen molar-refractivity contribution in [3.05, 3.63) is 17.0 Å². The average Bonchev–Trinajstić information content (AvgIpc) is 2.65. The molecule has 0 atom stereocenters. The molecule has 0 saturated heterocycles. The summed E-state index contributed by atoms with van der Waals surface area (Å²) in [6, 6.07) is 0.171. The first kappa shape index (κ1) is 12.1. The lowest BCUT2D eigenvalue weighted by Gasteiger charge is -2.21. The summed E-state index contributed by atoms with van der Waals surface area (Å²) in [5.74, 6) is -0.0256. The van der Waals surface area contributed by atoms with Crippen LogP contribution >= 0.6 is 0 Å². The first-order valence-corrected chi connectivity index (χ1v) is 5.92. The second-order valence-electron chi connectivity index (χ2n) is 4.71. The predicted octanol–water partition coefficient (Wildman–Crippen LogP) is 0.973. The number of amides is 1. The number of rotatable bonds is 2. The van der Waals surface area contributed by atoms with Crippen LogP contribution in [0, 0.1) is 0 Å². The molecule has 1 aliphatic rings. The van der Waals surface area contributed by atoms with E-state index in [0.29, 0.717) is 18.9 Å². The molecule has 5 heteroatoms. The zero-order chi connectivity index (χ0) is 12.6. The Labute approximate surface area is 101 Å². The molecular formula is C12H19N3O2. The third-order valence-electron chi connectivity index (χ3n) is 3.30. The Morgan fingerprint density at radius 2 is 2.24 bits per heavy atom. The molecule has 0 fully saturated rings. The minimum atomic E-state index is -0.0256. The molecule has 94 valence electrons. The minimum Gasteiger partial charge on any atom is -0.376 e. The van der Waals surface area contributed by atoms with Gasteiger partial charge in [0.05, 0.1) is 13.2 Å². The first-order valence-electron chi connectivity index (χ1n) is 5.92. The Bertz CT molecular complexity index is 437. The van der Waals surface area contributed by atoms with E-state index in [9.17, 15) is 4.79 Å². The predicted molar refractivity (Wildman–Crippen MR) is 63.8 cm³/mol. The molecule has 0 aromatic carbocycles. The normalized spacial score (nSPS) is 14.9. The van der Waals surface area contributed by atoms with Crippen LogP contribution in [-0.2, 0) is 24.8 Å². The van der Waals surface area contributed by atoms with Gasteiger partial charge in [0.25, 0.3) is 5.91 Å². The molecule has 0 bridgehead atoms. The lowest BCUT2D eigenvalue weighted by Crippen LogP contribution is -2.34. The smallest absolute Gasteiger partial charge is 0.274 e. The quantitative estimate of drug-likeness (QED) is 0.770. The zero-order valence-electron chi connectivity index (χ0n) is 10.9. The largest absolute Gasteiger partial charge is 0.376 e. The fourth-order valence-electron chi connectivity index (χ4n) is 1.98. The van der Waals surface area contributed by atoms with E-state index in [1.54, 1.807) is 16.6 Å². The summed E-state index contributed by atoms with van der Waals surface area (Å²) in [7, 11) is 3.69. The first-order chi connectivity index (χ1) is 8.02. The van der Waals surface area contributed by atoms with Crippen LogP contribution in [0.4, 0.5) is 0 Å². The maximum Gasteiger partial charge on any atom is 0.274 e. The number of aryl methyl sites for hydroxylation is 1. The van der Waals surface area contributed by atoms with Crippen molar-refractivity contribution in [1.29, 1.82) is 0 Å². The lowest BCUT2D eigenvalue weighted by molar-refractivity contribution is 0.0735. The van der Waals surface area contributed by atoms with Gasteiger partial charge < -0.3 is 9.64 Å². The fourth-order valence-corrected chi connectivity index (χ4v) is 1.98. The number of hydrogen-bond donors (Lipinski definition) is 0. The maximum atomic E-state index is 12.3. The van der Waals surface area contributed by atoms with E-state index in [1.165, 1.54) is 0 Å². The zero-order valence-corrected chi connectivity index (χ0v) is 10.9. The van der Waals surface area contributed by atoms with Crippen LogP contribution in [-0.4, -0.2) is 40.3 Å². The molecule has 1 aromatic rings. The second kappa shape index (κ2) is 4.49. The minimum absolute atomic E-state index is 0.0256. The van der Waals surface area contributed by atoms with E-state index in [-0.39, 0.29) is 11.9 Å². The van der Waals surface area contributed by atoms with Gasteiger partial charge in [0, 0.05) is 37.8 Å². The van der Waals surface area contributed by atoms with Gasteiger partial charge in [0.15, 0.2) is 5.69 Å². The van der Waals surface area contributed by atoms with Crippen LogP contribution < -0.4 is 0 Å². The number of nitrogens with zero attached hydrogens (tertiary/aromatic N) is 3. The van der Waals surface area contributed by atoms with Crippen molar-refractivity contribution in [3.8, 4) is 0 Å². The molecule has 1 aliphatic heterocycles. The van der Waals surface area contributed by atoms with Gasteiger partial charge in [-0.3, -0.25) is 9.48 Å². The molecule has 17 heavy (non-hydrogen) atoms. The number of carbonyl (C=O) groups is 1. The van der Waals surface area contributed by atoms with Crippen molar-refractivity contribution in [2.75, 3.05) is 13.7 Å². The number of ether oxygens (including phenoxy) is 1. The van der Waals surface area contributed by atoms with E-state index >= 15 is 0 Å². The molecule has 0 unspecified atom stereocenters. The number of aromatic nitrogens is 2. The summed E-state index contributed by atoms with van der Waals surface area (Å²) >= 11 is 0. The van der Waals surface area contributed by atoms with Gasteiger partial charge in [-0.05, 0) is 13.8 Å². The molecular weight excluding hydrogens is 218 g/mol. The van der Waals surface area contributed by atoms with Crippen LogP contribution in [0.25, 0.3) is 0 Å². The molecule has 0 N–H and O–H groups in total. The van der Waals surface area contributed by atoms with E-state index in [4.69, 9.17) is 4.74 Å². The van der Waals surface area contributed by atoms with E-state index in [0.717, 1.165) is 17.7 Å². The molecule has 2 heterocycles. The highest BCUT2D eigenvalue weighted by Gasteiger charge is 2.26. The number of carbonyl (C=O) groups excluding carboxylic acids is 1. The molecule has 0 saturated carbocycles. The van der Waals surface area contributed by atoms with Crippen LogP contribution in [0.5, 0.6) is 0 Å². The summed E-state index contributed by atoms with van der Waals surface area (Å²) in [6.45, 7) is 5.18. The molecule has 2 rings (SSSR count). The van der Waals surface area contributed by atoms with Crippen LogP contribution in [0.2, 0.25) is 0 Å². The Balaban J connectivity index is 2.36. The molecule has 0 aliphatic carbocycles. The Morgan fingerprint density at radius 3 is 2.88 bits per heavy atom. The monoisotopic (exact) mass is 237 g/mol. The van der Waals surface area contributed by atoms with Crippen LogP contribution in [0.1, 0.15) is 35.6 Å². The van der Waals surface area contributed by atoms with Gasteiger partial charge >= 0.3 is 0 Å². The van der Waals surface area contributed by atoms with Gasteiger partial charge in [-0.1, -0.05) is 0 Å². The molecule has 0 spiro atoms. The van der Waals surface area contributed by atoms with Gasteiger partial charge in [-0.2, -0.15) is 5.10 Å². The van der Waals surface area contributed by atoms with Gasteiger partial charge in [-0.25, -0.2) is 0 Å². The van der Waals surface area contributed by atoms with Crippen molar-refractivity contribution >= 4 is 5.91 Å². The van der Waals surface area contributed by atoms with Crippen molar-refractivity contribution in [1.82, 2.24) is 14.7 Å². The van der Waals surface area contributed by atoms with Crippen molar-refractivity contribution in [2.24, 2.45) is 7.05 Å². The van der Waals surface area contributed by atoms with Gasteiger partial charge in [0.1, 0.15) is 0 Å². The highest BCUT2D eigenvalue weighted by atomic mass is 16.5. The maximum absolute atomic E-state index is 12.3. The fraction of sp³-hybridized carbons (Fsp3) is 0.667. The number of fused-ring (bicyclic) bond motifs is 1. The second-order valence-corrected chi connectivity index (χ2v) is 4.71. The summed E-state index contributed by atoms with van der Waals surface area (Å²) in [5.41, 5.74) is 2.62. The van der Waals surface area contributed by atoms with Gasteiger partial charge in [-0.15, -0.1) is 0 Å². The van der Waals surface area contributed by atoms with Crippen LogP contribution in [0.3, 0.4) is 0 Å². The van der Waals surface area contributed by atoms with E-state index in [1.807, 2.05) is 20.9 Å². The summed E-state index contributed by atoms with van der Waals surface area (Å²) in [6.07, 6.45) is 0.831. The SMILES string of the molecule is CC(C)N(C)C(=O)c1nn(C)c2c1COCC2. The summed E-state index contributed by atoms with van der Waals surface area (Å²) in [5, 5.41) is 4.34. The Hall–Kier alpha value is -1.36. The third-order valence-corrected chi connectivity index (χ3v) is 3.30.